The second kappa shape index (κ2) is 7.96. The molecule has 1 aliphatic heterocycles. The lowest BCUT2D eigenvalue weighted by Crippen LogP contribution is -2.37. The molecular weight excluding hydrogens is 383 g/mol. The highest BCUT2D eigenvalue weighted by Gasteiger charge is 2.27. The summed E-state index contributed by atoms with van der Waals surface area (Å²) in [6.45, 7) is 1.17. The van der Waals surface area contributed by atoms with Crippen molar-refractivity contribution in [2.45, 2.75) is 23.8 Å². The SMILES string of the molecule is CSc1ccc2nc(N(C[C@@H]3CCCO3)C(=O)c3ccc(F)cc3)sc2c1. The topological polar surface area (TPSA) is 42.4 Å². The van der Waals surface area contributed by atoms with E-state index in [0.717, 1.165) is 34.6 Å². The van der Waals surface area contributed by atoms with Gasteiger partial charge in [0.25, 0.3) is 5.91 Å². The Morgan fingerprint density at radius 3 is 2.85 bits per heavy atom. The molecule has 0 aliphatic carbocycles. The van der Waals surface area contributed by atoms with Gasteiger partial charge in [0.15, 0.2) is 5.13 Å². The molecule has 140 valence electrons. The number of hydrogen-bond donors (Lipinski definition) is 0. The molecule has 0 bridgehead atoms. The normalized spacial score (nSPS) is 16.7. The monoisotopic (exact) mass is 402 g/mol. The Balaban J connectivity index is 1.70. The number of ether oxygens (including phenoxy) is 1. The Morgan fingerprint density at radius 2 is 2.15 bits per heavy atom. The van der Waals surface area contributed by atoms with E-state index in [2.05, 4.69) is 11.1 Å². The molecule has 3 aromatic rings. The van der Waals surface area contributed by atoms with Gasteiger partial charge in [-0.15, -0.1) is 11.8 Å². The predicted octanol–water partition coefficient (Wildman–Crippen LogP) is 4.98. The van der Waals surface area contributed by atoms with Crippen LogP contribution in [0.25, 0.3) is 10.2 Å². The number of anilines is 1. The van der Waals surface area contributed by atoms with Crippen LogP contribution in [0.1, 0.15) is 23.2 Å². The fraction of sp³-hybridized carbons (Fsp3) is 0.300. The quantitative estimate of drug-likeness (QED) is 0.564. The molecule has 1 fully saturated rings. The minimum atomic E-state index is -0.359. The van der Waals surface area contributed by atoms with E-state index in [1.807, 2.05) is 18.4 Å². The Morgan fingerprint density at radius 1 is 1.33 bits per heavy atom. The van der Waals surface area contributed by atoms with E-state index < -0.39 is 0 Å². The maximum Gasteiger partial charge on any atom is 0.260 e. The maximum atomic E-state index is 13.3. The molecule has 4 rings (SSSR count). The Hall–Kier alpha value is -1.96. The third-order valence-electron chi connectivity index (χ3n) is 4.56. The van der Waals surface area contributed by atoms with E-state index in [1.165, 1.54) is 35.6 Å². The van der Waals surface area contributed by atoms with Gasteiger partial charge in [-0.1, -0.05) is 11.3 Å². The molecule has 27 heavy (non-hydrogen) atoms. The summed E-state index contributed by atoms with van der Waals surface area (Å²) in [4.78, 5) is 20.7. The largest absolute Gasteiger partial charge is 0.376 e. The van der Waals surface area contributed by atoms with E-state index in [1.54, 1.807) is 16.7 Å². The molecule has 1 aromatic heterocycles. The third-order valence-corrected chi connectivity index (χ3v) is 6.33. The van der Waals surface area contributed by atoms with Crippen molar-refractivity contribution in [3.63, 3.8) is 0 Å². The smallest absolute Gasteiger partial charge is 0.260 e. The molecule has 0 spiro atoms. The number of nitrogens with zero attached hydrogens (tertiary/aromatic N) is 2. The number of rotatable bonds is 5. The van der Waals surface area contributed by atoms with Crippen LogP contribution in [0.15, 0.2) is 47.4 Å². The standard InChI is InChI=1S/C20H19FN2O2S2/c1-26-16-8-9-17-18(11-16)27-20(22-17)23(12-15-3-2-10-25-15)19(24)13-4-6-14(21)7-5-13/h4-9,11,15H,2-3,10,12H2,1H3/t15-/m0/s1. The summed E-state index contributed by atoms with van der Waals surface area (Å²) in [5.74, 6) is -0.545. The minimum absolute atomic E-state index is 0.00293. The first-order valence-corrected chi connectivity index (χ1v) is 10.8. The van der Waals surface area contributed by atoms with E-state index in [4.69, 9.17) is 4.74 Å². The third kappa shape index (κ3) is 4.00. The van der Waals surface area contributed by atoms with Crippen LogP contribution < -0.4 is 4.90 Å². The fourth-order valence-electron chi connectivity index (χ4n) is 3.12. The number of thioether (sulfide) groups is 1. The average Bonchev–Trinajstić information content (AvgIpc) is 3.34. The van der Waals surface area contributed by atoms with Gasteiger partial charge in [-0.05, 0) is 61.6 Å². The molecule has 0 N–H and O–H groups in total. The van der Waals surface area contributed by atoms with Crippen LogP contribution in [0.5, 0.6) is 0 Å². The first-order valence-electron chi connectivity index (χ1n) is 8.77. The highest BCUT2D eigenvalue weighted by atomic mass is 32.2. The molecular formula is C20H19FN2O2S2. The van der Waals surface area contributed by atoms with Gasteiger partial charge in [-0.25, -0.2) is 9.37 Å². The van der Waals surface area contributed by atoms with Gasteiger partial charge < -0.3 is 4.74 Å². The van der Waals surface area contributed by atoms with Crippen molar-refractivity contribution in [3.05, 3.63) is 53.8 Å². The lowest BCUT2D eigenvalue weighted by Gasteiger charge is -2.23. The number of carbonyl (C=O) groups excluding carboxylic acids is 1. The Labute approximate surface area is 165 Å². The van der Waals surface area contributed by atoms with Crippen molar-refractivity contribution in [1.82, 2.24) is 4.98 Å². The molecule has 7 heteroatoms. The van der Waals surface area contributed by atoms with Crippen molar-refractivity contribution in [3.8, 4) is 0 Å². The van der Waals surface area contributed by atoms with Gasteiger partial charge in [0, 0.05) is 17.1 Å². The van der Waals surface area contributed by atoms with Crippen molar-refractivity contribution in [2.75, 3.05) is 24.3 Å². The van der Waals surface area contributed by atoms with Gasteiger partial charge in [0.05, 0.1) is 22.9 Å². The molecule has 2 aromatic carbocycles. The molecule has 1 saturated heterocycles. The summed E-state index contributed by atoms with van der Waals surface area (Å²) in [7, 11) is 0. The fourth-order valence-corrected chi connectivity index (χ4v) is 4.65. The zero-order valence-corrected chi connectivity index (χ0v) is 16.5. The van der Waals surface area contributed by atoms with E-state index >= 15 is 0 Å². The second-order valence-electron chi connectivity index (χ2n) is 6.39. The first-order chi connectivity index (χ1) is 13.1. The summed E-state index contributed by atoms with van der Waals surface area (Å²) in [6, 6.07) is 11.7. The minimum Gasteiger partial charge on any atom is -0.376 e. The van der Waals surface area contributed by atoms with Crippen LogP contribution in [-0.2, 0) is 4.74 Å². The summed E-state index contributed by atoms with van der Waals surface area (Å²) in [5.41, 5.74) is 1.32. The number of carbonyl (C=O) groups is 1. The number of thiazole rings is 1. The molecule has 0 unspecified atom stereocenters. The van der Waals surface area contributed by atoms with Crippen molar-refractivity contribution in [1.29, 1.82) is 0 Å². The first kappa shape index (κ1) is 18.4. The Bertz CT molecular complexity index is 952. The van der Waals surface area contributed by atoms with Gasteiger partial charge in [0.1, 0.15) is 5.82 Å². The van der Waals surface area contributed by atoms with Gasteiger partial charge >= 0.3 is 0 Å². The zero-order valence-electron chi connectivity index (χ0n) is 14.9. The van der Waals surface area contributed by atoms with Gasteiger partial charge in [-0.3, -0.25) is 9.69 Å². The predicted molar refractivity (Wildman–Crippen MR) is 108 cm³/mol. The number of halogens is 1. The second-order valence-corrected chi connectivity index (χ2v) is 8.28. The van der Waals surface area contributed by atoms with Crippen LogP contribution in [-0.4, -0.2) is 36.4 Å². The van der Waals surface area contributed by atoms with E-state index in [-0.39, 0.29) is 17.8 Å². The summed E-state index contributed by atoms with van der Waals surface area (Å²) < 4.78 is 20.0. The zero-order chi connectivity index (χ0) is 18.8. The number of aromatic nitrogens is 1. The van der Waals surface area contributed by atoms with Gasteiger partial charge in [-0.2, -0.15) is 0 Å². The highest BCUT2D eigenvalue weighted by molar-refractivity contribution is 7.98. The van der Waals surface area contributed by atoms with Crippen LogP contribution in [0, 0.1) is 5.82 Å². The summed E-state index contributed by atoms with van der Waals surface area (Å²) in [6.07, 6.45) is 3.96. The summed E-state index contributed by atoms with van der Waals surface area (Å²) >= 11 is 3.17. The van der Waals surface area contributed by atoms with Crippen LogP contribution in [0.4, 0.5) is 9.52 Å². The van der Waals surface area contributed by atoms with E-state index in [0.29, 0.717) is 17.2 Å². The highest BCUT2D eigenvalue weighted by Crippen LogP contribution is 2.33. The number of fused-ring (bicyclic) bond motifs is 1. The van der Waals surface area contributed by atoms with Crippen molar-refractivity contribution >= 4 is 44.4 Å². The number of amides is 1. The lowest BCUT2D eigenvalue weighted by molar-refractivity contribution is 0.0917. The summed E-state index contributed by atoms with van der Waals surface area (Å²) in [5, 5.41) is 0.646. The van der Waals surface area contributed by atoms with Crippen LogP contribution in [0.2, 0.25) is 0 Å². The maximum absolute atomic E-state index is 13.3. The van der Waals surface area contributed by atoms with Crippen molar-refractivity contribution < 1.29 is 13.9 Å². The molecule has 0 radical (unpaired) electrons. The number of benzene rings is 2. The molecule has 2 heterocycles. The van der Waals surface area contributed by atoms with Crippen molar-refractivity contribution in [2.24, 2.45) is 0 Å². The molecule has 1 aliphatic rings. The lowest BCUT2D eigenvalue weighted by atomic mass is 10.1. The molecule has 4 nitrogen and oxygen atoms in total. The molecule has 1 atom stereocenters. The number of hydrogen-bond acceptors (Lipinski definition) is 5. The molecule has 0 saturated carbocycles. The van der Waals surface area contributed by atoms with Crippen LogP contribution in [0.3, 0.4) is 0 Å². The van der Waals surface area contributed by atoms with E-state index in [9.17, 15) is 9.18 Å². The van der Waals surface area contributed by atoms with Crippen LogP contribution >= 0.6 is 23.1 Å². The average molecular weight is 403 g/mol. The van der Waals surface area contributed by atoms with Gasteiger partial charge in [0.2, 0.25) is 0 Å². The Kier molecular flexibility index (Phi) is 5.43. The molecule has 1 amide bonds.